The summed E-state index contributed by atoms with van der Waals surface area (Å²) in [6, 6.07) is 1.54. The zero-order valence-corrected chi connectivity index (χ0v) is 7.45. The summed E-state index contributed by atoms with van der Waals surface area (Å²) < 4.78 is 0. The lowest BCUT2D eigenvalue weighted by Gasteiger charge is -2.06. The molecule has 0 aromatic rings. The van der Waals surface area contributed by atoms with Gasteiger partial charge in [-0.3, -0.25) is 0 Å². The van der Waals surface area contributed by atoms with Crippen molar-refractivity contribution in [2.24, 2.45) is 22.7 Å². The lowest BCUT2D eigenvalue weighted by atomic mass is 9.99. The third-order valence-corrected chi connectivity index (χ3v) is 2.32. The molecule has 0 radical (unpaired) electrons. The molecule has 2 amide bonds. The number of hydrogen-bond acceptors (Lipinski definition) is 3. The maximum Gasteiger partial charge on any atom is 0.332 e. The van der Waals surface area contributed by atoms with E-state index in [1.54, 1.807) is 0 Å². The Bertz CT molecular complexity index is 278. The molecule has 0 heterocycles. The topological polar surface area (TPSA) is 91.3 Å². The molecule has 1 saturated carbocycles. The Kier molecular flexibility index (Phi) is 2.85. The van der Waals surface area contributed by atoms with Crippen LogP contribution in [0, 0.1) is 23.2 Å². The van der Waals surface area contributed by atoms with Crippen LogP contribution in [0.5, 0.6) is 0 Å². The molecular weight excluding hydrogens is 168 g/mol. The summed E-state index contributed by atoms with van der Waals surface area (Å²) in [5.41, 5.74) is 7.89. The van der Waals surface area contributed by atoms with Gasteiger partial charge in [-0.05, 0) is 12.8 Å². The minimum Gasteiger partial charge on any atom is -0.350 e. The van der Waals surface area contributed by atoms with E-state index < -0.39 is 6.03 Å². The molecule has 5 nitrogen and oxygen atoms in total. The highest BCUT2D eigenvalue weighted by Gasteiger charge is 2.29. The Morgan fingerprint density at radius 3 is 3.00 bits per heavy atom. The zero-order valence-electron chi connectivity index (χ0n) is 7.45. The van der Waals surface area contributed by atoms with Gasteiger partial charge in [-0.2, -0.15) is 10.4 Å². The molecule has 1 aliphatic rings. The van der Waals surface area contributed by atoms with Crippen LogP contribution in [0.25, 0.3) is 0 Å². The largest absolute Gasteiger partial charge is 0.350 e. The van der Waals surface area contributed by atoms with Crippen molar-refractivity contribution in [3.8, 4) is 6.07 Å². The first kappa shape index (κ1) is 9.52. The van der Waals surface area contributed by atoms with Gasteiger partial charge in [0, 0.05) is 11.6 Å². The Morgan fingerprint density at radius 2 is 2.54 bits per heavy atom. The van der Waals surface area contributed by atoms with Gasteiger partial charge in [0.15, 0.2) is 0 Å². The van der Waals surface area contributed by atoms with E-state index in [1.165, 1.54) is 0 Å². The molecule has 0 aromatic carbocycles. The molecule has 13 heavy (non-hydrogen) atoms. The van der Waals surface area contributed by atoms with Crippen LogP contribution < -0.4 is 11.2 Å². The number of nitrogens with one attached hydrogen (secondary N) is 1. The molecule has 5 heteroatoms. The number of carbonyl (C=O) groups is 1. The summed E-state index contributed by atoms with van der Waals surface area (Å²) in [5, 5.41) is 12.6. The predicted octanol–water partition coefficient (Wildman–Crippen LogP) is 0.580. The third kappa shape index (κ3) is 2.18. The molecular formula is C8H12N4O. The first-order valence-corrected chi connectivity index (χ1v) is 4.16. The van der Waals surface area contributed by atoms with E-state index in [2.05, 4.69) is 16.6 Å². The van der Waals surface area contributed by atoms with Crippen LogP contribution in [-0.4, -0.2) is 11.7 Å². The predicted molar refractivity (Wildman–Crippen MR) is 47.7 cm³/mol. The average Bonchev–Trinajstić information content (AvgIpc) is 2.43. The molecule has 0 aromatic heterocycles. The quantitative estimate of drug-likeness (QED) is 0.578. The smallest absolute Gasteiger partial charge is 0.332 e. The fourth-order valence-electron chi connectivity index (χ4n) is 1.47. The number of urea groups is 1. The highest BCUT2D eigenvalue weighted by Crippen LogP contribution is 2.28. The van der Waals surface area contributed by atoms with Gasteiger partial charge in [0.25, 0.3) is 0 Å². The molecule has 3 N–H and O–H groups in total. The van der Waals surface area contributed by atoms with Crippen molar-refractivity contribution in [1.29, 1.82) is 5.26 Å². The number of amides is 2. The molecule has 1 fully saturated rings. The van der Waals surface area contributed by atoms with Crippen molar-refractivity contribution in [2.45, 2.75) is 19.8 Å². The van der Waals surface area contributed by atoms with E-state index >= 15 is 0 Å². The van der Waals surface area contributed by atoms with Gasteiger partial charge in [0.05, 0.1) is 12.0 Å². The number of rotatable bonds is 1. The number of hydrazone groups is 1. The minimum atomic E-state index is -0.667. The number of carbonyl (C=O) groups excluding carboxylic acids is 1. The Morgan fingerprint density at radius 1 is 1.85 bits per heavy atom. The highest BCUT2D eigenvalue weighted by molar-refractivity contribution is 5.90. The molecule has 1 rings (SSSR count). The van der Waals surface area contributed by atoms with Crippen LogP contribution in [-0.2, 0) is 0 Å². The molecule has 0 bridgehead atoms. The molecule has 0 spiro atoms. The monoisotopic (exact) mass is 180 g/mol. The van der Waals surface area contributed by atoms with E-state index in [0.717, 1.165) is 18.6 Å². The molecule has 0 saturated heterocycles. The van der Waals surface area contributed by atoms with Crippen LogP contribution in [0.1, 0.15) is 19.8 Å². The van der Waals surface area contributed by atoms with Crippen molar-refractivity contribution in [1.82, 2.24) is 5.43 Å². The van der Waals surface area contributed by atoms with E-state index in [-0.39, 0.29) is 11.8 Å². The number of nitriles is 1. The number of hydrogen-bond donors (Lipinski definition) is 2. The number of primary amides is 1. The van der Waals surface area contributed by atoms with Gasteiger partial charge < -0.3 is 5.73 Å². The van der Waals surface area contributed by atoms with Gasteiger partial charge >= 0.3 is 6.03 Å². The number of nitrogens with two attached hydrogens (primary N) is 1. The fraction of sp³-hybridized carbons (Fsp3) is 0.625. The second-order valence-electron chi connectivity index (χ2n) is 3.14. The van der Waals surface area contributed by atoms with Crippen molar-refractivity contribution in [2.75, 3.05) is 0 Å². The Labute approximate surface area is 76.6 Å². The first-order chi connectivity index (χ1) is 6.15. The van der Waals surface area contributed by atoms with Crippen LogP contribution in [0.2, 0.25) is 0 Å². The Balaban J connectivity index is 2.60. The minimum absolute atomic E-state index is 0.0217. The second-order valence-corrected chi connectivity index (χ2v) is 3.14. The van der Waals surface area contributed by atoms with E-state index in [9.17, 15) is 4.79 Å². The lowest BCUT2D eigenvalue weighted by Crippen LogP contribution is -2.26. The van der Waals surface area contributed by atoms with Crippen molar-refractivity contribution in [3.05, 3.63) is 0 Å². The fourth-order valence-corrected chi connectivity index (χ4v) is 1.47. The summed E-state index contributed by atoms with van der Waals surface area (Å²) in [6.07, 6.45) is 1.58. The van der Waals surface area contributed by atoms with E-state index in [1.807, 2.05) is 6.92 Å². The molecule has 0 aliphatic heterocycles. The second kappa shape index (κ2) is 3.90. The van der Waals surface area contributed by atoms with E-state index in [4.69, 9.17) is 11.0 Å². The molecule has 1 aliphatic carbocycles. The summed E-state index contributed by atoms with van der Waals surface area (Å²) in [4.78, 5) is 10.4. The van der Waals surface area contributed by atoms with Crippen molar-refractivity contribution < 1.29 is 4.79 Å². The van der Waals surface area contributed by atoms with Crippen LogP contribution in [0.4, 0.5) is 4.79 Å². The maximum absolute atomic E-state index is 10.4. The summed E-state index contributed by atoms with van der Waals surface area (Å²) in [6.45, 7) is 1.93. The first-order valence-electron chi connectivity index (χ1n) is 4.16. The highest BCUT2D eigenvalue weighted by atomic mass is 16.2. The SMILES string of the molecule is C[C@H]1/C(=N/NC(N)=O)CC[C@@H]1C#N. The van der Waals surface area contributed by atoms with Gasteiger partial charge in [0.2, 0.25) is 0 Å². The van der Waals surface area contributed by atoms with Crippen LogP contribution in [0.3, 0.4) is 0 Å². The van der Waals surface area contributed by atoms with Crippen LogP contribution >= 0.6 is 0 Å². The van der Waals surface area contributed by atoms with Gasteiger partial charge in [-0.25, -0.2) is 10.2 Å². The lowest BCUT2D eigenvalue weighted by molar-refractivity contribution is 0.249. The van der Waals surface area contributed by atoms with Crippen molar-refractivity contribution in [3.63, 3.8) is 0 Å². The summed E-state index contributed by atoms with van der Waals surface area (Å²) in [5.74, 6) is 0.144. The molecule has 0 unspecified atom stereocenters. The van der Waals surface area contributed by atoms with Gasteiger partial charge in [-0.1, -0.05) is 6.92 Å². The summed E-state index contributed by atoms with van der Waals surface area (Å²) in [7, 11) is 0. The van der Waals surface area contributed by atoms with Crippen LogP contribution in [0.15, 0.2) is 5.10 Å². The normalized spacial score (nSPS) is 30.0. The molecule has 70 valence electrons. The summed E-state index contributed by atoms with van der Waals surface area (Å²) >= 11 is 0. The maximum atomic E-state index is 10.4. The Hall–Kier alpha value is -1.57. The third-order valence-electron chi connectivity index (χ3n) is 2.32. The number of nitrogens with zero attached hydrogens (tertiary/aromatic N) is 2. The average molecular weight is 180 g/mol. The van der Waals surface area contributed by atoms with Crippen molar-refractivity contribution >= 4 is 11.7 Å². The van der Waals surface area contributed by atoms with Gasteiger partial charge in [0.1, 0.15) is 0 Å². The zero-order chi connectivity index (χ0) is 9.84. The molecule has 2 atom stereocenters. The van der Waals surface area contributed by atoms with Gasteiger partial charge in [-0.15, -0.1) is 0 Å². The van der Waals surface area contributed by atoms with E-state index in [0.29, 0.717) is 0 Å². The standard InChI is InChI=1S/C8H12N4O/c1-5-6(4-9)2-3-7(5)11-12-8(10)13/h5-6H,2-3H2,1H3,(H3,10,12,13)/b11-7+/t5-,6-/m1/s1.